The topological polar surface area (TPSA) is 82.6 Å². The van der Waals surface area contributed by atoms with Gasteiger partial charge in [0.2, 0.25) is 0 Å². The third kappa shape index (κ3) is 7.20. The second-order valence-electron chi connectivity index (χ2n) is 10.6. The normalized spacial score (nSPS) is 17.4. The standard InChI is InChI=1S/C30H40N6O2/c1-35-18-11-24(12-19-35)33-30(37)22-38-25-8-6-23(7-9-25)28-20-29(26-21-31-14-10-27(26)34-28)32-13-5-17-36-15-3-2-4-16-36/h6-10,14,20-21,24H,2-5,11-13,15-19,22H2,1H3,(H,32,34)(H,33,37). The number of likely N-dealkylation sites (tertiary alicyclic amines) is 2. The van der Waals surface area contributed by atoms with Gasteiger partial charge in [-0.05, 0) is 108 Å². The lowest BCUT2D eigenvalue weighted by Crippen LogP contribution is -2.44. The van der Waals surface area contributed by atoms with Crippen LogP contribution >= 0.6 is 0 Å². The summed E-state index contributed by atoms with van der Waals surface area (Å²) in [5.41, 5.74) is 3.88. The van der Waals surface area contributed by atoms with Crippen LogP contribution in [0.1, 0.15) is 38.5 Å². The Morgan fingerprint density at radius 1 is 1.05 bits per heavy atom. The van der Waals surface area contributed by atoms with Crippen molar-refractivity contribution in [2.24, 2.45) is 0 Å². The van der Waals surface area contributed by atoms with Crippen LogP contribution in [-0.2, 0) is 4.79 Å². The van der Waals surface area contributed by atoms with Gasteiger partial charge in [0.25, 0.3) is 5.91 Å². The van der Waals surface area contributed by atoms with E-state index in [9.17, 15) is 4.79 Å². The second kappa shape index (κ2) is 13.0. The third-order valence-corrected chi connectivity index (χ3v) is 7.63. The minimum absolute atomic E-state index is 0.0262. The molecule has 0 saturated carbocycles. The van der Waals surface area contributed by atoms with Gasteiger partial charge in [0.1, 0.15) is 5.75 Å². The van der Waals surface area contributed by atoms with Crippen LogP contribution < -0.4 is 15.4 Å². The molecule has 2 aliphatic heterocycles. The van der Waals surface area contributed by atoms with E-state index in [2.05, 4.69) is 38.5 Å². The number of nitrogens with zero attached hydrogens (tertiary/aromatic N) is 4. The summed E-state index contributed by atoms with van der Waals surface area (Å²) in [5.74, 6) is 0.609. The first-order valence-electron chi connectivity index (χ1n) is 14.1. The predicted molar refractivity (Wildman–Crippen MR) is 153 cm³/mol. The van der Waals surface area contributed by atoms with Gasteiger partial charge in [0, 0.05) is 41.6 Å². The van der Waals surface area contributed by atoms with E-state index in [0.29, 0.717) is 5.75 Å². The lowest BCUT2D eigenvalue weighted by molar-refractivity contribution is -0.124. The van der Waals surface area contributed by atoms with Crippen LogP contribution in [0.3, 0.4) is 0 Å². The molecule has 8 nitrogen and oxygen atoms in total. The monoisotopic (exact) mass is 516 g/mol. The summed E-state index contributed by atoms with van der Waals surface area (Å²) in [6.45, 7) is 6.57. The Kier molecular flexibility index (Phi) is 9.04. The highest BCUT2D eigenvalue weighted by Crippen LogP contribution is 2.29. The molecule has 2 aromatic heterocycles. The first-order valence-corrected chi connectivity index (χ1v) is 14.1. The van der Waals surface area contributed by atoms with Crippen LogP contribution in [0.5, 0.6) is 5.75 Å². The molecule has 0 aliphatic carbocycles. The Balaban J connectivity index is 1.18. The lowest BCUT2D eigenvalue weighted by atomic mass is 10.1. The summed E-state index contributed by atoms with van der Waals surface area (Å²) in [7, 11) is 2.12. The molecule has 8 heteroatoms. The number of amides is 1. The van der Waals surface area contributed by atoms with E-state index in [-0.39, 0.29) is 18.6 Å². The number of pyridine rings is 2. The molecule has 202 valence electrons. The summed E-state index contributed by atoms with van der Waals surface area (Å²) in [5, 5.41) is 7.77. The van der Waals surface area contributed by atoms with E-state index in [4.69, 9.17) is 9.72 Å². The van der Waals surface area contributed by atoms with Crippen LogP contribution in [0.4, 0.5) is 5.69 Å². The summed E-state index contributed by atoms with van der Waals surface area (Å²) in [6.07, 6.45) is 10.8. The Labute approximate surface area is 225 Å². The maximum atomic E-state index is 12.3. The second-order valence-corrected chi connectivity index (χ2v) is 10.6. The molecular formula is C30H40N6O2. The fraction of sp³-hybridized carbons (Fsp3) is 0.500. The number of hydrogen-bond donors (Lipinski definition) is 2. The lowest BCUT2D eigenvalue weighted by Gasteiger charge is -2.29. The highest BCUT2D eigenvalue weighted by Gasteiger charge is 2.18. The Hall–Kier alpha value is -3.23. The molecule has 5 rings (SSSR count). The van der Waals surface area contributed by atoms with Crippen LogP contribution in [0.2, 0.25) is 0 Å². The zero-order chi connectivity index (χ0) is 26.2. The van der Waals surface area contributed by atoms with Gasteiger partial charge < -0.3 is 25.2 Å². The number of carbonyl (C=O) groups is 1. The quantitative estimate of drug-likeness (QED) is 0.391. The fourth-order valence-electron chi connectivity index (χ4n) is 5.36. The van der Waals surface area contributed by atoms with Gasteiger partial charge >= 0.3 is 0 Å². The van der Waals surface area contributed by atoms with Gasteiger partial charge in [0.05, 0.1) is 11.2 Å². The van der Waals surface area contributed by atoms with Crippen LogP contribution in [0.25, 0.3) is 22.2 Å². The number of aromatic nitrogens is 2. The van der Waals surface area contributed by atoms with E-state index < -0.39 is 0 Å². The van der Waals surface area contributed by atoms with Gasteiger partial charge in [-0.25, -0.2) is 4.98 Å². The molecule has 2 saturated heterocycles. The van der Waals surface area contributed by atoms with E-state index in [0.717, 1.165) is 73.3 Å². The van der Waals surface area contributed by atoms with Crippen molar-refractivity contribution in [1.29, 1.82) is 0 Å². The Morgan fingerprint density at radius 2 is 1.84 bits per heavy atom. The Bertz CT molecular complexity index is 1190. The van der Waals surface area contributed by atoms with Crippen molar-refractivity contribution < 1.29 is 9.53 Å². The molecular weight excluding hydrogens is 476 g/mol. The zero-order valence-electron chi connectivity index (χ0n) is 22.5. The SMILES string of the molecule is CN1CCC(NC(=O)COc2ccc(-c3cc(NCCCN4CCCCC4)c4cnccc4n3)cc2)CC1. The van der Waals surface area contributed by atoms with Crippen molar-refractivity contribution in [3.63, 3.8) is 0 Å². The summed E-state index contributed by atoms with van der Waals surface area (Å²) in [6, 6.07) is 12.1. The molecule has 0 unspecified atom stereocenters. The van der Waals surface area contributed by atoms with Crippen LogP contribution in [0, 0.1) is 0 Å². The van der Waals surface area contributed by atoms with E-state index in [1.165, 1.54) is 32.4 Å². The average Bonchev–Trinajstić information content (AvgIpc) is 2.96. The van der Waals surface area contributed by atoms with Crippen molar-refractivity contribution in [3.8, 4) is 17.0 Å². The average molecular weight is 517 g/mol. The van der Waals surface area contributed by atoms with Crippen molar-refractivity contribution in [1.82, 2.24) is 25.1 Å². The molecule has 1 amide bonds. The van der Waals surface area contributed by atoms with Crippen molar-refractivity contribution >= 4 is 22.5 Å². The van der Waals surface area contributed by atoms with Crippen molar-refractivity contribution in [2.45, 2.75) is 44.6 Å². The predicted octanol–water partition coefficient (Wildman–Crippen LogP) is 4.17. The van der Waals surface area contributed by atoms with Gasteiger partial charge in [-0.15, -0.1) is 0 Å². The maximum Gasteiger partial charge on any atom is 0.258 e. The minimum Gasteiger partial charge on any atom is -0.484 e. The first kappa shape index (κ1) is 26.4. The largest absolute Gasteiger partial charge is 0.484 e. The number of benzene rings is 1. The number of hydrogen-bond acceptors (Lipinski definition) is 7. The fourth-order valence-corrected chi connectivity index (χ4v) is 5.36. The van der Waals surface area contributed by atoms with Gasteiger partial charge in [-0.3, -0.25) is 9.78 Å². The third-order valence-electron chi connectivity index (χ3n) is 7.63. The molecule has 4 heterocycles. The molecule has 3 aromatic rings. The smallest absolute Gasteiger partial charge is 0.258 e. The summed E-state index contributed by atoms with van der Waals surface area (Å²) >= 11 is 0. The number of carbonyl (C=O) groups excluding carboxylic acids is 1. The number of anilines is 1. The van der Waals surface area contributed by atoms with E-state index >= 15 is 0 Å². The van der Waals surface area contributed by atoms with Gasteiger partial charge in [0.15, 0.2) is 6.61 Å². The first-order chi connectivity index (χ1) is 18.6. The van der Waals surface area contributed by atoms with Crippen LogP contribution in [0.15, 0.2) is 48.8 Å². The van der Waals surface area contributed by atoms with E-state index in [1.54, 1.807) is 6.20 Å². The molecule has 0 radical (unpaired) electrons. The van der Waals surface area contributed by atoms with Crippen LogP contribution in [-0.4, -0.2) is 84.6 Å². The number of piperidine rings is 2. The molecule has 0 spiro atoms. The number of ether oxygens (including phenoxy) is 1. The van der Waals surface area contributed by atoms with Gasteiger partial charge in [-0.2, -0.15) is 0 Å². The summed E-state index contributed by atoms with van der Waals surface area (Å²) in [4.78, 5) is 26.4. The maximum absolute atomic E-state index is 12.3. The van der Waals surface area contributed by atoms with Crippen molar-refractivity contribution in [3.05, 3.63) is 48.8 Å². The van der Waals surface area contributed by atoms with Gasteiger partial charge in [-0.1, -0.05) is 6.42 Å². The Morgan fingerprint density at radius 3 is 2.63 bits per heavy atom. The number of nitrogens with one attached hydrogen (secondary N) is 2. The molecule has 1 aromatic carbocycles. The molecule has 38 heavy (non-hydrogen) atoms. The number of rotatable bonds is 10. The number of fused-ring (bicyclic) bond motifs is 1. The molecule has 0 atom stereocenters. The highest BCUT2D eigenvalue weighted by molar-refractivity contribution is 5.93. The zero-order valence-corrected chi connectivity index (χ0v) is 22.5. The molecule has 2 aliphatic rings. The highest BCUT2D eigenvalue weighted by atomic mass is 16.5. The minimum atomic E-state index is -0.0653. The summed E-state index contributed by atoms with van der Waals surface area (Å²) < 4.78 is 5.76. The molecule has 2 N–H and O–H groups in total. The molecule has 2 fully saturated rings. The molecule has 0 bridgehead atoms. The van der Waals surface area contributed by atoms with Crippen molar-refractivity contribution in [2.75, 3.05) is 58.2 Å². The van der Waals surface area contributed by atoms with E-state index in [1.807, 2.05) is 36.5 Å².